The molecule has 0 atom stereocenters. The highest BCUT2D eigenvalue weighted by molar-refractivity contribution is 6.17. The fourth-order valence-corrected chi connectivity index (χ4v) is 2.55. The van der Waals surface area contributed by atoms with E-state index >= 15 is 0 Å². The van der Waals surface area contributed by atoms with Crippen LogP contribution in [0.5, 0.6) is 0 Å². The number of aliphatic imine (C=N–C) groups is 1. The first-order valence-electron chi connectivity index (χ1n) is 7.68. The second kappa shape index (κ2) is 6.71. The molecule has 2 aromatic rings. The summed E-state index contributed by atoms with van der Waals surface area (Å²) in [6, 6.07) is 13.6. The van der Waals surface area contributed by atoms with E-state index in [9.17, 15) is 4.79 Å². The summed E-state index contributed by atoms with van der Waals surface area (Å²) in [5.74, 6) is 0.678. The largest absolute Gasteiger partial charge is 0.308 e. The van der Waals surface area contributed by atoms with Crippen molar-refractivity contribution < 1.29 is 4.79 Å². The number of rotatable bonds is 4. The third kappa shape index (κ3) is 3.46. The van der Waals surface area contributed by atoms with Crippen LogP contribution in [0.1, 0.15) is 12.0 Å². The second-order valence-electron chi connectivity index (χ2n) is 5.80. The number of pyridine rings is 1. The molecule has 0 radical (unpaired) electrons. The lowest BCUT2D eigenvalue weighted by Gasteiger charge is -2.22. The molecule has 0 spiro atoms. The van der Waals surface area contributed by atoms with E-state index in [1.165, 1.54) is 0 Å². The first kappa shape index (κ1) is 15.4. The minimum absolute atomic E-state index is 0.0342. The van der Waals surface area contributed by atoms with E-state index in [-0.39, 0.29) is 12.3 Å². The van der Waals surface area contributed by atoms with Crippen LogP contribution >= 0.6 is 0 Å². The van der Waals surface area contributed by atoms with Gasteiger partial charge in [-0.2, -0.15) is 0 Å². The molecule has 1 aliphatic rings. The number of benzene rings is 1. The van der Waals surface area contributed by atoms with Gasteiger partial charge in [0.2, 0.25) is 5.91 Å². The zero-order valence-corrected chi connectivity index (χ0v) is 13.4. The molecule has 118 valence electrons. The quantitative estimate of drug-likeness (QED) is 0.872. The molecule has 5 heteroatoms. The summed E-state index contributed by atoms with van der Waals surface area (Å²) in [4.78, 5) is 25.7. The Morgan fingerprint density at radius 3 is 2.65 bits per heavy atom. The van der Waals surface area contributed by atoms with Gasteiger partial charge in [0.1, 0.15) is 5.69 Å². The zero-order chi connectivity index (χ0) is 16.2. The van der Waals surface area contributed by atoms with Gasteiger partial charge in [0.05, 0.1) is 12.1 Å². The van der Waals surface area contributed by atoms with Gasteiger partial charge in [-0.25, -0.2) is 9.98 Å². The number of anilines is 1. The van der Waals surface area contributed by atoms with Crippen LogP contribution in [0.4, 0.5) is 11.5 Å². The number of hydrogen-bond donors (Lipinski definition) is 0. The van der Waals surface area contributed by atoms with Crippen LogP contribution < -0.4 is 4.90 Å². The molecule has 1 aromatic heterocycles. The monoisotopic (exact) mass is 308 g/mol. The maximum absolute atomic E-state index is 12.8. The molecule has 3 rings (SSSR count). The van der Waals surface area contributed by atoms with Gasteiger partial charge in [-0.1, -0.05) is 30.3 Å². The number of nitrogens with zero attached hydrogens (tertiary/aromatic N) is 4. The Hall–Kier alpha value is -2.53. The fraction of sp³-hybridized carbons (Fsp3) is 0.278. The number of aromatic nitrogens is 1. The lowest BCUT2D eigenvalue weighted by Crippen LogP contribution is -2.37. The van der Waals surface area contributed by atoms with Crippen LogP contribution in [0.2, 0.25) is 0 Å². The van der Waals surface area contributed by atoms with Crippen LogP contribution in [0.25, 0.3) is 0 Å². The fourth-order valence-electron chi connectivity index (χ4n) is 2.55. The molecule has 0 N–H and O–H groups in total. The van der Waals surface area contributed by atoms with Crippen LogP contribution in [-0.2, 0) is 4.79 Å². The summed E-state index contributed by atoms with van der Waals surface area (Å²) < 4.78 is 0. The number of likely N-dealkylation sites (N-methyl/N-ethyl adjacent to an activating group) is 1. The summed E-state index contributed by atoms with van der Waals surface area (Å²) in [7, 11) is 3.99. The number of hydrogen-bond acceptors (Lipinski definition) is 4. The highest BCUT2D eigenvalue weighted by Gasteiger charge is 2.25. The molecule has 0 saturated carbocycles. The van der Waals surface area contributed by atoms with E-state index in [1.54, 1.807) is 11.1 Å². The highest BCUT2D eigenvalue weighted by atomic mass is 16.2. The minimum atomic E-state index is 0.0342. The zero-order valence-electron chi connectivity index (χ0n) is 13.4. The van der Waals surface area contributed by atoms with Crippen molar-refractivity contribution in [3.05, 3.63) is 54.2 Å². The number of carbonyl (C=O) groups is 1. The smallest absolute Gasteiger partial charge is 0.234 e. The normalized spacial score (nSPS) is 14.5. The van der Waals surface area contributed by atoms with Crippen molar-refractivity contribution >= 4 is 23.1 Å². The van der Waals surface area contributed by atoms with Gasteiger partial charge in [0, 0.05) is 19.3 Å². The Balaban J connectivity index is 1.99. The van der Waals surface area contributed by atoms with Gasteiger partial charge >= 0.3 is 0 Å². The van der Waals surface area contributed by atoms with Gasteiger partial charge in [-0.05, 0) is 31.8 Å². The van der Waals surface area contributed by atoms with Gasteiger partial charge in [-0.3, -0.25) is 9.69 Å². The van der Waals surface area contributed by atoms with Crippen molar-refractivity contribution in [2.24, 2.45) is 4.99 Å². The number of fused-ring (bicyclic) bond motifs is 1. The first-order valence-corrected chi connectivity index (χ1v) is 7.68. The van der Waals surface area contributed by atoms with Crippen molar-refractivity contribution in [2.75, 3.05) is 32.1 Å². The lowest BCUT2D eigenvalue weighted by molar-refractivity contribution is -0.117. The highest BCUT2D eigenvalue weighted by Crippen LogP contribution is 2.30. The third-order valence-corrected chi connectivity index (χ3v) is 3.77. The van der Waals surface area contributed by atoms with E-state index < -0.39 is 0 Å². The lowest BCUT2D eigenvalue weighted by atomic mass is 10.1. The van der Waals surface area contributed by atoms with Crippen molar-refractivity contribution in [3.8, 4) is 0 Å². The van der Waals surface area contributed by atoms with E-state index in [2.05, 4.69) is 9.88 Å². The summed E-state index contributed by atoms with van der Waals surface area (Å²) in [6.45, 7) is 1.38. The average molecular weight is 308 g/mol. The molecule has 0 unspecified atom stereocenters. The SMILES string of the molecule is CN(C)CCN1C(=O)CC(c2ccccc2)=Nc2cccnc21. The maximum atomic E-state index is 12.8. The van der Waals surface area contributed by atoms with Crippen molar-refractivity contribution in [3.63, 3.8) is 0 Å². The molecule has 23 heavy (non-hydrogen) atoms. The van der Waals surface area contributed by atoms with Gasteiger partial charge in [0.25, 0.3) is 0 Å². The van der Waals surface area contributed by atoms with Crippen molar-refractivity contribution in [1.29, 1.82) is 0 Å². The van der Waals surface area contributed by atoms with E-state index in [1.807, 2.05) is 56.6 Å². The Kier molecular flexibility index (Phi) is 4.48. The molecule has 0 aliphatic carbocycles. The van der Waals surface area contributed by atoms with E-state index in [0.29, 0.717) is 12.4 Å². The minimum Gasteiger partial charge on any atom is -0.308 e. The van der Waals surface area contributed by atoms with Gasteiger partial charge in [-0.15, -0.1) is 0 Å². The van der Waals surface area contributed by atoms with Crippen molar-refractivity contribution in [2.45, 2.75) is 6.42 Å². The predicted molar refractivity (Wildman–Crippen MR) is 92.4 cm³/mol. The average Bonchev–Trinajstić information content (AvgIpc) is 2.70. The van der Waals surface area contributed by atoms with E-state index in [0.717, 1.165) is 23.5 Å². The van der Waals surface area contributed by atoms with Crippen LogP contribution in [-0.4, -0.2) is 48.7 Å². The maximum Gasteiger partial charge on any atom is 0.234 e. The predicted octanol–water partition coefficient (Wildman–Crippen LogP) is 2.50. The van der Waals surface area contributed by atoms with Gasteiger partial charge < -0.3 is 4.90 Å². The molecule has 0 saturated heterocycles. The molecular weight excluding hydrogens is 288 g/mol. The first-order chi connectivity index (χ1) is 11.1. The Morgan fingerprint density at radius 1 is 1.13 bits per heavy atom. The Labute approximate surface area is 136 Å². The molecule has 0 fully saturated rings. The summed E-state index contributed by atoms with van der Waals surface area (Å²) >= 11 is 0. The Bertz CT molecular complexity index is 725. The molecule has 2 heterocycles. The van der Waals surface area contributed by atoms with Crippen LogP contribution in [0.3, 0.4) is 0 Å². The molecule has 1 amide bonds. The van der Waals surface area contributed by atoms with Gasteiger partial charge in [0.15, 0.2) is 5.82 Å². The topological polar surface area (TPSA) is 48.8 Å². The molecule has 5 nitrogen and oxygen atoms in total. The summed E-state index contributed by atoms with van der Waals surface area (Å²) in [6.07, 6.45) is 1.99. The Morgan fingerprint density at radius 2 is 1.91 bits per heavy atom. The van der Waals surface area contributed by atoms with E-state index in [4.69, 9.17) is 4.99 Å². The molecule has 1 aliphatic heterocycles. The molecular formula is C18H20N4O. The number of carbonyl (C=O) groups excluding carboxylic acids is 1. The summed E-state index contributed by atoms with van der Waals surface area (Å²) in [5, 5.41) is 0. The molecule has 1 aromatic carbocycles. The second-order valence-corrected chi connectivity index (χ2v) is 5.80. The third-order valence-electron chi connectivity index (χ3n) is 3.77. The summed E-state index contributed by atoms with van der Waals surface area (Å²) in [5.41, 5.74) is 2.51. The molecule has 0 bridgehead atoms. The van der Waals surface area contributed by atoms with Crippen LogP contribution in [0.15, 0.2) is 53.7 Å². The van der Waals surface area contributed by atoms with Crippen molar-refractivity contribution in [1.82, 2.24) is 9.88 Å². The van der Waals surface area contributed by atoms with Crippen LogP contribution in [0, 0.1) is 0 Å². The number of amides is 1. The standard InChI is InChI=1S/C18H20N4O/c1-21(2)11-12-22-17(23)13-16(14-7-4-3-5-8-14)20-15-9-6-10-19-18(15)22/h3-10H,11-13H2,1-2H3.